The first-order chi connectivity index (χ1) is 12.0. The Hall–Kier alpha value is -2.80. The summed E-state index contributed by atoms with van der Waals surface area (Å²) in [7, 11) is 0. The SMILES string of the molecule is CC(=O)c1cccc(Nc2cnnc(Nc3ccc(Br)c(C)c3)n2)c1. The molecular formula is C18H16BrN5O. The highest BCUT2D eigenvalue weighted by molar-refractivity contribution is 9.10. The summed E-state index contributed by atoms with van der Waals surface area (Å²) in [4.78, 5) is 15.9. The van der Waals surface area contributed by atoms with Gasteiger partial charge in [0.1, 0.15) is 0 Å². The smallest absolute Gasteiger partial charge is 0.249 e. The number of halogens is 1. The zero-order chi connectivity index (χ0) is 17.8. The van der Waals surface area contributed by atoms with Crippen molar-refractivity contribution in [1.82, 2.24) is 15.2 Å². The lowest BCUT2D eigenvalue weighted by Gasteiger charge is -2.09. The maximum absolute atomic E-state index is 11.5. The van der Waals surface area contributed by atoms with Crippen LogP contribution in [0.4, 0.5) is 23.1 Å². The van der Waals surface area contributed by atoms with Crippen LogP contribution in [0.1, 0.15) is 22.8 Å². The Kier molecular flexibility index (Phi) is 5.04. The molecule has 0 aliphatic rings. The van der Waals surface area contributed by atoms with E-state index in [0.29, 0.717) is 17.3 Å². The summed E-state index contributed by atoms with van der Waals surface area (Å²) < 4.78 is 1.04. The molecule has 126 valence electrons. The van der Waals surface area contributed by atoms with E-state index in [1.54, 1.807) is 12.1 Å². The average Bonchev–Trinajstić information content (AvgIpc) is 2.59. The van der Waals surface area contributed by atoms with E-state index in [0.717, 1.165) is 21.4 Å². The van der Waals surface area contributed by atoms with Crippen LogP contribution in [0.5, 0.6) is 0 Å². The van der Waals surface area contributed by atoms with Crippen molar-refractivity contribution in [1.29, 1.82) is 0 Å². The number of Topliss-reactive ketones (excluding diaryl/α,β-unsaturated/α-hetero) is 1. The van der Waals surface area contributed by atoms with Gasteiger partial charge in [0, 0.05) is 21.4 Å². The second kappa shape index (κ2) is 7.40. The number of hydrogen-bond acceptors (Lipinski definition) is 6. The average molecular weight is 398 g/mol. The van der Waals surface area contributed by atoms with Crippen LogP contribution in [-0.2, 0) is 0 Å². The molecular weight excluding hydrogens is 382 g/mol. The van der Waals surface area contributed by atoms with Crippen LogP contribution in [-0.4, -0.2) is 21.0 Å². The second-order valence-corrected chi connectivity index (χ2v) is 6.37. The first-order valence-electron chi connectivity index (χ1n) is 7.62. The minimum Gasteiger partial charge on any atom is -0.339 e. The van der Waals surface area contributed by atoms with Gasteiger partial charge < -0.3 is 10.6 Å². The van der Waals surface area contributed by atoms with Crippen molar-refractivity contribution in [2.45, 2.75) is 13.8 Å². The zero-order valence-electron chi connectivity index (χ0n) is 13.7. The summed E-state index contributed by atoms with van der Waals surface area (Å²) in [6.45, 7) is 3.54. The minimum absolute atomic E-state index is 0.0115. The number of hydrogen-bond donors (Lipinski definition) is 2. The van der Waals surface area contributed by atoms with Crippen LogP contribution in [0.2, 0.25) is 0 Å². The Morgan fingerprint density at radius 2 is 1.88 bits per heavy atom. The number of aryl methyl sites for hydroxylation is 1. The fourth-order valence-corrected chi connectivity index (χ4v) is 2.48. The number of rotatable bonds is 5. The Labute approximate surface area is 153 Å². The number of carbonyl (C=O) groups is 1. The van der Waals surface area contributed by atoms with E-state index in [9.17, 15) is 4.79 Å². The van der Waals surface area contributed by atoms with Gasteiger partial charge in [-0.3, -0.25) is 4.79 Å². The molecule has 0 radical (unpaired) electrons. The molecule has 0 aliphatic carbocycles. The highest BCUT2D eigenvalue weighted by Crippen LogP contribution is 2.22. The van der Waals surface area contributed by atoms with Crippen LogP contribution in [0, 0.1) is 6.92 Å². The van der Waals surface area contributed by atoms with E-state index in [1.807, 2.05) is 37.3 Å². The van der Waals surface area contributed by atoms with E-state index in [1.165, 1.54) is 13.1 Å². The normalized spacial score (nSPS) is 10.4. The molecule has 0 spiro atoms. The maximum Gasteiger partial charge on any atom is 0.249 e. The lowest BCUT2D eigenvalue weighted by Crippen LogP contribution is -2.03. The third kappa shape index (κ3) is 4.39. The van der Waals surface area contributed by atoms with Gasteiger partial charge >= 0.3 is 0 Å². The molecule has 3 rings (SSSR count). The Bertz CT molecular complexity index is 929. The van der Waals surface area contributed by atoms with Crippen molar-refractivity contribution < 1.29 is 4.79 Å². The van der Waals surface area contributed by atoms with Gasteiger partial charge in [0.25, 0.3) is 0 Å². The highest BCUT2D eigenvalue weighted by atomic mass is 79.9. The largest absolute Gasteiger partial charge is 0.339 e. The van der Waals surface area contributed by atoms with Crippen molar-refractivity contribution in [3.05, 3.63) is 64.3 Å². The molecule has 25 heavy (non-hydrogen) atoms. The molecule has 0 fully saturated rings. The lowest BCUT2D eigenvalue weighted by atomic mass is 10.1. The molecule has 2 aromatic carbocycles. The third-order valence-corrected chi connectivity index (χ3v) is 4.40. The Morgan fingerprint density at radius 3 is 2.64 bits per heavy atom. The first kappa shape index (κ1) is 17.0. The molecule has 3 aromatic rings. The van der Waals surface area contributed by atoms with E-state index >= 15 is 0 Å². The maximum atomic E-state index is 11.5. The van der Waals surface area contributed by atoms with Gasteiger partial charge in [-0.25, -0.2) is 0 Å². The van der Waals surface area contributed by atoms with Crippen molar-refractivity contribution in [2.75, 3.05) is 10.6 Å². The monoisotopic (exact) mass is 397 g/mol. The standard InChI is InChI=1S/C18H16BrN5O/c1-11-8-15(6-7-16(11)19)22-18-23-17(10-20-24-18)21-14-5-3-4-13(9-14)12(2)25/h3-10H,1-2H3,(H2,21,22,23,24). The van der Waals surface area contributed by atoms with Gasteiger partial charge in [0.05, 0.1) is 6.20 Å². The van der Waals surface area contributed by atoms with E-state index in [4.69, 9.17) is 0 Å². The summed E-state index contributed by atoms with van der Waals surface area (Å²) in [5, 5.41) is 14.2. The molecule has 1 heterocycles. The topological polar surface area (TPSA) is 79.8 Å². The molecule has 0 amide bonds. The van der Waals surface area contributed by atoms with E-state index < -0.39 is 0 Å². The summed E-state index contributed by atoms with van der Waals surface area (Å²) in [6, 6.07) is 13.1. The zero-order valence-corrected chi connectivity index (χ0v) is 15.3. The molecule has 2 N–H and O–H groups in total. The fraction of sp³-hybridized carbons (Fsp3) is 0.111. The van der Waals surface area contributed by atoms with Gasteiger partial charge in [-0.1, -0.05) is 28.1 Å². The molecule has 0 aliphatic heterocycles. The number of ketones is 1. The van der Waals surface area contributed by atoms with Gasteiger partial charge in [-0.05, 0) is 49.7 Å². The van der Waals surface area contributed by atoms with Gasteiger partial charge in [0.2, 0.25) is 5.95 Å². The van der Waals surface area contributed by atoms with Gasteiger partial charge in [-0.2, -0.15) is 10.1 Å². The van der Waals surface area contributed by atoms with Gasteiger partial charge in [0.15, 0.2) is 11.6 Å². The van der Waals surface area contributed by atoms with Crippen LogP contribution >= 0.6 is 15.9 Å². The van der Waals surface area contributed by atoms with Crippen molar-refractivity contribution >= 4 is 44.9 Å². The highest BCUT2D eigenvalue weighted by Gasteiger charge is 2.05. The van der Waals surface area contributed by atoms with Crippen LogP contribution in [0.25, 0.3) is 0 Å². The van der Waals surface area contributed by atoms with Crippen molar-refractivity contribution in [2.24, 2.45) is 0 Å². The molecule has 0 atom stereocenters. The molecule has 7 heteroatoms. The summed E-state index contributed by atoms with van der Waals surface area (Å²) in [6.07, 6.45) is 1.53. The molecule has 6 nitrogen and oxygen atoms in total. The summed E-state index contributed by atoms with van der Waals surface area (Å²) in [5.41, 5.74) is 3.38. The number of anilines is 4. The predicted octanol–water partition coefficient (Wildman–Crippen LogP) is 4.63. The number of nitrogens with one attached hydrogen (secondary N) is 2. The number of carbonyl (C=O) groups excluding carboxylic acids is 1. The summed E-state index contributed by atoms with van der Waals surface area (Å²) in [5.74, 6) is 0.930. The molecule has 0 saturated carbocycles. The Balaban J connectivity index is 1.78. The minimum atomic E-state index is 0.0115. The number of aromatic nitrogens is 3. The predicted molar refractivity (Wildman–Crippen MR) is 102 cm³/mol. The van der Waals surface area contributed by atoms with Crippen molar-refractivity contribution in [3.63, 3.8) is 0 Å². The molecule has 1 aromatic heterocycles. The molecule has 0 saturated heterocycles. The first-order valence-corrected chi connectivity index (χ1v) is 8.41. The third-order valence-electron chi connectivity index (χ3n) is 3.51. The van der Waals surface area contributed by atoms with E-state index in [-0.39, 0.29) is 5.78 Å². The molecule has 0 bridgehead atoms. The Morgan fingerprint density at radius 1 is 1.08 bits per heavy atom. The second-order valence-electron chi connectivity index (χ2n) is 5.52. The van der Waals surface area contributed by atoms with Crippen LogP contribution in [0.15, 0.2) is 53.1 Å². The quantitative estimate of drug-likeness (QED) is 0.610. The number of benzene rings is 2. The lowest BCUT2D eigenvalue weighted by molar-refractivity contribution is 0.101. The van der Waals surface area contributed by atoms with Crippen LogP contribution < -0.4 is 10.6 Å². The molecule has 0 unspecified atom stereocenters. The van der Waals surface area contributed by atoms with E-state index in [2.05, 4.69) is 41.7 Å². The number of nitrogens with zero attached hydrogens (tertiary/aromatic N) is 3. The van der Waals surface area contributed by atoms with Gasteiger partial charge in [-0.15, -0.1) is 5.10 Å². The summed E-state index contributed by atoms with van der Waals surface area (Å²) >= 11 is 3.47. The fourth-order valence-electron chi connectivity index (χ4n) is 2.23. The van der Waals surface area contributed by atoms with Crippen LogP contribution in [0.3, 0.4) is 0 Å². The van der Waals surface area contributed by atoms with Crippen molar-refractivity contribution in [3.8, 4) is 0 Å².